The van der Waals surface area contributed by atoms with Crippen molar-refractivity contribution in [1.82, 2.24) is 5.32 Å². The van der Waals surface area contributed by atoms with E-state index in [0.717, 1.165) is 0 Å². The molecular weight excluding hydrogens is 334 g/mol. The Balaban J connectivity index is 1.84. The second-order valence-electron chi connectivity index (χ2n) is 5.01. The smallest absolute Gasteiger partial charge is 0.252 e. The van der Waals surface area contributed by atoms with Crippen LogP contribution in [0.3, 0.4) is 0 Å². The molecule has 0 bridgehead atoms. The molecule has 0 saturated heterocycles. The summed E-state index contributed by atoms with van der Waals surface area (Å²) in [5.41, 5.74) is -0.404. The number of carbonyl (C=O) groups is 1. The summed E-state index contributed by atoms with van der Waals surface area (Å²) in [7, 11) is 0. The van der Waals surface area contributed by atoms with Gasteiger partial charge < -0.3 is 14.8 Å². The highest BCUT2D eigenvalue weighted by Crippen LogP contribution is 2.31. The van der Waals surface area contributed by atoms with E-state index in [2.05, 4.69) is 5.32 Å². The van der Waals surface area contributed by atoms with Gasteiger partial charge in [0.25, 0.3) is 5.91 Å². The minimum atomic E-state index is -1.43. The molecule has 0 aliphatic carbocycles. The summed E-state index contributed by atoms with van der Waals surface area (Å²) in [5.74, 6) is 0.0196. The summed E-state index contributed by atoms with van der Waals surface area (Å²) in [6.45, 7) is -0.0265. The molecule has 3 rings (SSSR count). The van der Waals surface area contributed by atoms with Crippen molar-refractivity contribution in [3.05, 3.63) is 81.4 Å². The van der Waals surface area contributed by atoms with E-state index >= 15 is 0 Å². The first-order valence-electron chi connectivity index (χ1n) is 6.93. The van der Waals surface area contributed by atoms with Gasteiger partial charge in [-0.05, 0) is 41.1 Å². The average Bonchev–Trinajstić information content (AvgIpc) is 3.25. The number of hydrogen-bond acceptors (Lipinski definition) is 4. The molecule has 118 valence electrons. The van der Waals surface area contributed by atoms with Crippen molar-refractivity contribution >= 4 is 28.8 Å². The summed E-state index contributed by atoms with van der Waals surface area (Å²) < 4.78 is 5.36. The van der Waals surface area contributed by atoms with Crippen molar-refractivity contribution in [3.63, 3.8) is 0 Å². The molecule has 2 heterocycles. The monoisotopic (exact) mass is 347 g/mol. The molecular formula is C17H14ClNO3S. The summed E-state index contributed by atoms with van der Waals surface area (Å²) >= 11 is 7.49. The summed E-state index contributed by atoms with van der Waals surface area (Å²) in [6, 6.07) is 11.9. The van der Waals surface area contributed by atoms with Crippen LogP contribution in [0.4, 0.5) is 0 Å². The van der Waals surface area contributed by atoms with E-state index in [4.69, 9.17) is 16.0 Å². The van der Waals surface area contributed by atoms with E-state index < -0.39 is 5.60 Å². The molecule has 1 atom stereocenters. The predicted octanol–water partition coefficient (Wildman–Crippen LogP) is 3.66. The number of rotatable bonds is 5. The Morgan fingerprint density at radius 3 is 2.74 bits per heavy atom. The Morgan fingerprint density at radius 2 is 2.09 bits per heavy atom. The Hall–Kier alpha value is -2.08. The van der Waals surface area contributed by atoms with Crippen LogP contribution in [0.1, 0.15) is 21.7 Å². The summed E-state index contributed by atoms with van der Waals surface area (Å²) in [5, 5.41) is 17.8. The van der Waals surface area contributed by atoms with Crippen LogP contribution in [0.15, 0.2) is 63.9 Å². The molecule has 0 radical (unpaired) electrons. The van der Waals surface area contributed by atoms with E-state index in [1.54, 1.807) is 42.5 Å². The molecule has 0 aliphatic heterocycles. The number of halogens is 1. The third kappa shape index (κ3) is 3.17. The van der Waals surface area contributed by atoms with Crippen molar-refractivity contribution in [2.45, 2.75) is 5.60 Å². The lowest BCUT2D eigenvalue weighted by atomic mass is 9.93. The second kappa shape index (κ2) is 6.58. The van der Waals surface area contributed by atoms with Gasteiger partial charge in [-0.2, -0.15) is 11.3 Å². The highest BCUT2D eigenvalue weighted by molar-refractivity contribution is 7.08. The molecule has 6 heteroatoms. The van der Waals surface area contributed by atoms with Crippen LogP contribution in [0.5, 0.6) is 0 Å². The zero-order chi connectivity index (χ0) is 16.3. The quantitative estimate of drug-likeness (QED) is 0.740. The van der Waals surface area contributed by atoms with Gasteiger partial charge in [0.05, 0.1) is 23.4 Å². The Morgan fingerprint density at radius 1 is 1.26 bits per heavy atom. The molecule has 23 heavy (non-hydrogen) atoms. The number of thiophene rings is 1. The zero-order valence-electron chi connectivity index (χ0n) is 12.0. The minimum Gasteiger partial charge on any atom is -0.466 e. The van der Waals surface area contributed by atoms with Gasteiger partial charge in [-0.15, -0.1) is 0 Å². The van der Waals surface area contributed by atoms with Gasteiger partial charge in [-0.3, -0.25) is 4.79 Å². The number of aliphatic hydroxyl groups is 1. The highest BCUT2D eigenvalue weighted by atomic mass is 35.5. The van der Waals surface area contributed by atoms with Crippen LogP contribution in [0.25, 0.3) is 0 Å². The molecule has 4 nitrogen and oxygen atoms in total. The van der Waals surface area contributed by atoms with E-state index in [0.29, 0.717) is 21.9 Å². The Labute approximate surface area is 142 Å². The first kappa shape index (κ1) is 15.8. The molecule has 1 aromatic carbocycles. The SMILES string of the molecule is O=C(NCC(O)(c1ccsc1)c1ccco1)c1ccccc1Cl. The van der Waals surface area contributed by atoms with Gasteiger partial charge >= 0.3 is 0 Å². The fraction of sp³-hybridized carbons (Fsp3) is 0.118. The molecule has 0 fully saturated rings. The van der Waals surface area contributed by atoms with Gasteiger partial charge in [0, 0.05) is 5.56 Å². The van der Waals surface area contributed by atoms with E-state index in [1.807, 2.05) is 10.8 Å². The highest BCUT2D eigenvalue weighted by Gasteiger charge is 2.35. The number of furan rings is 1. The minimum absolute atomic E-state index is 0.0265. The van der Waals surface area contributed by atoms with Gasteiger partial charge in [0.2, 0.25) is 0 Å². The number of carbonyl (C=O) groups excluding carboxylic acids is 1. The maximum absolute atomic E-state index is 12.3. The number of nitrogens with one attached hydrogen (secondary N) is 1. The Kier molecular flexibility index (Phi) is 4.52. The van der Waals surface area contributed by atoms with E-state index in [-0.39, 0.29) is 12.5 Å². The normalized spacial score (nSPS) is 13.5. The lowest BCUT2D eigenvalue weighted by molar-refractivity contribution is 0.0528. The van der Waals surface area contributed by atoms with Gasteiger partial charge in [0.1, 0.15) is 5.76 Å². The molecule has 2 N–H and O–H groups in total. The lowest BCUT2D eigenvalue weighted by Gasteiger charge is -2.25. The van der Waals surface area contributed by atoms with Crippen molar-refractivity contribution in [2.24, 2.45) is 0 Å². The van der Waals surface area contributed by atoms with Crippen LogP contribution in [-0.2, 0) is 5.60 Å². The fourth-order valence-electron chi connectivity index (χ4n) is 2.29. The fourth-order valence-corrected chi connectivity index (χ4v) is 3.24. The second-order valence-corrected chi connectivity index (χ2v) is 6.20. The topological polar surface area (TPSA) is 62.5 Å². The molecule has 0 saturated carbocycles. The van der Waals surface area contributed by atoms with Crippen LogP contribution in [0.2, 0.25) is 5.02 Å². The molecule has 2 aromatic heterocycles. The van der Waals surface area contributed by atoms with Crippen LogP contribution in [-0.4, -0.2) is 17.6 Å². The van der Waals surface area contributed by atoms with Gasteiger partial charge in [0.15, 0.2) is 5.60 Å². The molecule has 1 amide bonds. The first-order chi connectivity index (χ1) is 11.1. The maximum atomic E-state index is 12.3. The third-order valence-corrected chi connectivity index (χ3v) is 4.56. The van der Waals surface area contributed by atoms with E-state index in [1.165, 1.54) is 17.6 Å². The van der Waals surface area contributed by atoms with Crippen molar-refractivity contribution in [1.29, 1.82) is 0 Å². The van der Waals surface area contributed by atoms with Crippen LogP contribution < -0.4 is 5.32 Å². The largest absolute Gasteiger partial charge is 0.466 e. The van der Waals surface area contributed by atoms with E-state index in [9.17, 15) is 9.90 Å². The number of amides is 1. The van der Waals surface area contributed by atoms with Crippen LogP contribution in [0, 0.1) is 0 Å². The summed E-state index contributed by atoms with van der Waals surface area (Å²) in [4.78, 5) is 12.3. The Bertz CT molecular complexity index is 750. The molecule has 0 spiro atoms. The third-order valence-electron chi connectivity index (χ3n) is 3.55. The molecule has 3 aromatic rings. The predicted molar refractivity (Wildman–Crippen MR) is 89.8 cm³/mol. The maximum Gasteiger partial charge on any atom is 0.252 e. The lowest BCUT2D eigenvalue weighted by Crippen LogP contribution is -2.41. The zero-order valence-corrected chi connectivity index (χ0v) is 13.6. The summed E-state index contributed by atoms with van der Waals surface area (Å²) in [6.07, 6.45) is 1.49. The average molecular weight is 348 g/mol. The molecule has 1 unspecified atom stereocenters. The number of hydrogen-bond donors (Lipinski definition) is 2. The molecule has 0 aliphatic rings. The van der Waals surface area contributed by atoms with Gasteiger partial charge in [-0.1, -0.05) is 23.7 Å². The number of benzene rings is 1. The van der Waals surface area contributed by atoms with Crippen LogP contribution >= 0.6 is 22.9 Å². The van der Waals surface area contributed by atoms with Crippen molar-refractivity contribution in [3.8, 4) is 0 Å². The van der Waals surface area contributed by atoms with Crippen molar-refractivity contribution < 1.29 is 14.3 Å². The van der Waals surface area contributed by atoms with Gasteiger partial charge in [-0.25, -0.2) is 0 Å². The standard InChI is InChI=1S/C17H14ClNO3S/c18-14-5-2-1-4-13(14)16(20)19-11-17(21,12-7-9-23-10-12)15-6-3-8-22-15/h1-10,21H,11H2,(H,19,20). The first-order valence-corrected chi connectivity index (χ1v) is 8.25. The van der Waals surface area contributed by atoms with Crippen molar-refractivity contribution in [2.75, 3.05) is 6.54 Å².